The van der Waals surface area contributed by atoms with E-state index in [0.717, 1.165) is 5.92 Å². The normalized spacial score (nSPS) is 18.1. The van der Waals surface area contributed by atoms with E-state index in [4.69, 9.17) is 0 Å². The van der Waals surface area contributed by atoms with Gasteiger partial charge in [-0.15, -0.1) is 0 Å². The second-order valence-electron chi connectivity index (χ2n) is 3.98. The van der Waals surface area contributed by atoms with Crippen molar-refractivity contribution in [3.05, 3.63) is 26.4 Å². The topological polar surface area (TPSA) is 0 Å². The van der Waals surface area contributed by atoms with Crippen molar-refractivity contribution >= 4 is 38.8 Å². The van der Waals surface area contributed by atoms with Crippen molar-refractivity contribution in [3.8, 4) is 0 Å². The Bertz CT molecular complexity index is 319. The first-order valence-electron chi connectivity index (χ1n) is 5.23. The summed E-state index contributed by atoms with van der Waals surface area (Å²) >= 11 is 7.23. The zero-order valence-electron chi connectivity index (χ0n) is 8.10. The summed E-state index contributed by atoms with van der Waals surface area (Å²) in [7, 11) is 0. The van der Waals surface area contributed by atoms with Gasteiger partial charge in [0.05, 0.1) is 0 Å². The standard InChI is InChI=1S/C11H13BBr2/c13-9-6-7-12-10(11(9)14)8-4-2-1-3-5-8/h6-8H,1-5H2. The van der Waals surface area contributed by atoms with Crippen molar-refractivity contribution in [2.45, 2.75) is 38.0 Å². The summed E-state index contributed by atoms with van der Waals surface area (Å²) in [6.45, 7) is 2.25. The van der Waals surface area contributed by atoms with E-state index in [1.54, 1.807) is 0 Å². The van der Waals surface area contributed by atoms with E-state index < -0.39 is 0 Å². The Balaban J connectivity index is 2.26. The van der Waals surface area contributed by atoms with Crippen LogP contribution in [0.4, 0.5) is 0 Å². The molecule has 0 bridgehead atoms. The Kier molecular flexibility index (Phi) is 3.83. The molecule has 1 aromatic rings. The molecule has 0 N–H and O–H groups in total. The fraction of sp³-hybridized carbons (Fsp3) is 0.545. The Morgan fingerprint density at radius 2 is 1.86 bits per heavy atom. The van der Waals surface area contributed by atoms with Crippen molar-refractivity contribution in [1.82, 2.24) is 0 Å². The molecule has 1 aromatic heterocycles. The molecule has 0 aromatic carbocycles. The van der Waals surface area contributed by atoms with Crippen LogP contribution in [0.25, 0.3) is 0 Å². The number of halogens is 2. The van der Waals surface area contributed by atoms with Crippen molar-refractivity contribution in [2.24, 2.45) is 0 Å². The van der Waals surface area contributed by atoms with Gasteiger partial charge in [0.15, 0.2) is 0 Å². The average Bonchev–Trinajstić information content (AvgIpc) is 2.23. The summed E-state index contributed by atoms with van der Waals surface area (Å²) in [5.74, 6) is 2.91. The van der Waals surface area contributed by atoms with Crippen LogP contribution in [-0.2, 0) is 0 Å². The summed E-state index contributed by atoms with van der Waals surface area (Å²) < 4.78 is 2.44. The van der Waals surface area contributed by atoms with Crippen molar-refractivity contribution < 1.29 is 0 Å². The van der Waals surface area contributed by atoms with Gasteiger partial charge in [-0.25, -0.2) is 0 Å². The van der Waals surface area contributed by atoms with Gasteiger partial charge in [0.1, 0.15) is 0 Å². The van der Waals surface area contributed by atoms with Gasteiger partial charge in [-0.1, -0.05) is 0 Å². The molecule has 1 saturated carbocycles. The van der Waals surface area contributed by atoms with Gasteiger partial charge >= 0.3 is 103 Å². The third kappa shape index (κ3) is 2.30. The van der Waals surface area contributed by atoms with Crippen molar-refractivity contribution in [3.63, 3.8) is 0 Å². The molecule has 2 rings (SSSR count). The van der Waals surface area contributed by atoms with Crippen LogP contribution in [0.1, 0.15) is 43.5 Å². The Labute approximate surface area is 103 Å². The van der Waals surface area contributed by atoms with E-state index in [1.165, 1.54) is 46.5 Å². The zero-order valence-corrected chi connectivity index (χ0v) is 11.3. The summed E-state index contributed by atoms with van der Waals surface area (Å²) in [5.41, 5.74) is 1.49. The van der Waals surface area contributed by atoms with Crippen molar-refractivity contribution in [1.29, 1.82) is 0 Å². The van der Waals surface area contributed by atoms with Gasteiger partial charge in [-0.05, 0) is 0 Å². The maximum atomic E-state index is 3.67. The first-order valence-corrected chi connectivity index (χ1v) is 6.81. The summed E-state index contributed by atoms with van der Waals surface area (Å²) in [5, 5.41) is 0. The van der Waals surface area contributed by atoms with Crippen LogP contribution in [0, 0.1) is 0 Å². The molecule has 14 heavy (non-hydrogen) atoms. The van der Waals surface area contributed by atoms with Crippen LogP contribution in [0.2, 0.25) is 0 Å². The summed E-state index contributed by atoms with van der Waals surface area (Å²) in [4.78, 5) is 0. The molecule has 0 saturated heterocycles. The molecule has 0 radical (unpaired) electrons. The Hall–Kier alpha value is 0.375. The minimum atomic E-state index is 0.774. The molecule has 3 heteroatoms. The molecule has 0 amide bonds. The maximum absolute atomic E-state index is 3.67. The van der Waals surface area contributed by atoms with Gasteiger partial charge in [0.25, 0.3) is 0 Å². The third-order valence-corrected chi connectivity index (χ3v) is 5.10. The number of hydrogen-bond acceptors (Lipinski definition) is 0. The van der Waals surface area contributed by atoms with E-state index in [1.807, 2.05) is 0 Å². The number of hydrogen-bond donors (Lipinski definition) is 0. The first-order chi connectivity index (χ1) is 6.79. The molecule has 1 aliphatic rings. The third-order valence-electron chi connectivity index (χ3n) is 3.03. The molecule has 1 fully saturated rings. The van der Waals surface area contributed by atoms with Gasteiger partial charge in [0.2, 0.25) is 0 Å². The summed E-state index contributed by atoms with van der Waals surface area (Å²) in [6, 6.07) is 2.09. The van der Waals surface area contributed by atoms with Crippen LogP contribution >= 0.6 is 31.9 Å². The Morgan fingerprint density at radius 3 is 2.57 bits per heavy atom. The predicted octanol–water partition coefficient (Wildman–Crippen LogP) is 4.60. The molecular weight excluding hydrogens is 303 g/mol. The molecule has 0 aliphatic heterocycles. The fourth-order valence-electron chi connectivity index (χ4n) is 2.25. The van der Waals surface area contributed by atoms with Crippen LogP contribution in [-0.4, -0.2) is 6.91 Å². The molecule has 1 heterocycles. The van der Waals surface area contributed by atoms with Gasteiger partial charge in [0, 0.05) is 0 Å². The van der Waals surface area contributed by atoms with Crippen LogP contribution < -0.4 is 0 Å². The molecule has 74 valence electrons. The molecule has 1 aliphatic carbocycles. The molecule has 0 atom stereocenters. The van der Waals surface area contributed by atoms with Gasteiger partial charge < -0.3 is 0 Å². The van der Waals surface area contributed by atoms with E-state index in [9.17, 15) is 0 Å². The monoisotopic (exact) mass is 314 g/mol. The Morgan fingerprint density at radius 1 is 1.14 bits per heavy atom. The van der Waals surface area contributed by atoms with E-state index in [-0.39, 0.29) is 0 Å². The second kappa shape index (κ2) is 4.93. The molecule has 0 nitrogen and oxygen atoms in total. The van der Waals surface area contributed by atoms with Crippen LogP contribution in [0.3, 0.4) is 0 Å². The predicted molar refractivity (Wildman–Crippen MR) is 69.0 cm³/mol. The van der Waals surface area contributed by atoms with E-state index >= 15 is 0 Å². The molecular formula is C11H13BBr2. The van der Waals surface area contributed by atoms with Gasteiger partial charge in [-0.2, -0.15) is 0 Å². The van der Waals surface area contributed by atoms with E-state index in [2.05, 4.69) is 50.8 Å². The second-order valence-corrected chi connectivity index (χ2v) is 5.63. The van der Waals surface area contributed by atoms with E-state index in [0.29, 0.717) is 0 Å². The first kappa shape index (κ1) is 10.9. The SMILES string of the molecule is Brc1ccbc(C2CCCCC2)c1Br. The van der Waals surface area contributed by atoms with Crippen LogP contribution in [0.5, 0.6) is 0 Å². The van der Waals surface area contributed by atoms with Crippen LogP contribution in [0.15, 0.2) is 21.0 Å². The number of rotatable bonds is 1. The zero-order chi connectivity index (χ0) is 9.97. The summed E-state index contributed by atoms with van der Waals surface area (Å²) in [6.07, 6.45) is 6.92. The minimum absolute atomic E-state index is 0.774. The van der Waals surface area contributed by atoms with Gasteiger partial charge in [-0.3, -0.25) is 0 Å². The quantitative estimate of drug-likeness (QED) is 0.710. The fourth-order valence-corrected chi connectivity index (χ4v) is 3.22. The average molecular weight is 316 g/mol. The molecule has 0 spiro atoms. The molecule has 0 unspecified atom stereocenters. The van der Waals surface area contributed by atoms with Crippen molar-refractivity contribution in [2.75, 3.05) is 0 Å².